The van der Waals surface area contributed by atoms with Crippen molar-refractivity contribution in [2.24, 2.45) is 0 Å². The number of hydrogen-bond acceptors (Lipinski definition) is 4. The van der Waals surface area contributed by atoms with Crippen molar-refractivity contribution >= 4 is 21.9 Å². The molecule has 0 radical (unpaired) electrons. The molecule has 3 aromatic carbocycles. The third kappa shape index (κ3) is 4.23. The van der Waals surface area contributed by atoms with Gasteiger partial charge in [0.05, 0.1) is 31.0 Å². The molecular weight excluding hydrogens is 516 g/mol. The van der Waals surface area contributed by atoms with Gasteiger partial charge < -0.3 is 18.9 Å². The summed E-state index contributed by atoms with van der Waals surface area (Å²) >= 11 is 0. The molecule has 0 aliphatic rings. The van der Waals surface area contributed by atoms with Crippen molar-refractivity contribution < 1.29 is 40.2 Å². The van der Waals surface area contributed by atoms with Crippen LogP contribution in [-0.2, 0) is 12.4 Å². The third-order valence-electron chi connectivity index (χ3n) is 6.16. The molecule has 11 heteroatoms. The second kappa shape index (κ2) is 8.86. The number of fused-ring (bicyclic) bond motifs is 3. The van der Waals surface area contributed by atoms with Crippen LogP contribution in [0.1, 0.15) is 11.1 Å². The highest BCUT2D eigenvalue weighted by atomic mass is 19.4. The Morgan fingerprint density at radius 1 is 0.737 bits per heavy atom. The number of ether oxygens (including phenoxy) is 2. The van der Waals surface area contributed by atoms with Crippen molar-refractivity contribution in [3.05, 3.63) is 82.2 Å². The maximum atomic E-state index is 13.2. The second-order valence-corrected chi connectivity index (χ2v) is 8.37. The van der Waals surface area contributed by atoms with Gasteiger partial charge in [-0.3, -0.25) is 0 Å². The molecule has 0 saturated carbocycles. The van der Waals surface area contributed by atoms with Crippen molar-refractivity contribution in [2.75, 3.05) is 14.2 Å². The SMILES string of the molecule is COc1cc2oc(=O)c3[nH]c(-c4ccc(C(F)(F)F)cc4)c(-c4ccc(C(F)(F)F)cc4)c3c2cc1OC. The van der Waals surface area contributed by atoms with E-state index in [-0.39, 0.29) is 28.1 Å². The number of rotatable bonds is 4. The van der Waals surface area contributed by atoms with Crippen LogP contribution in [0, 0.1) is 0 Å². The first-order chi connectivity index (χ1) is 17.9. The Hall–Kier alpha value is -4.41. The molecule has 0 unspecified atom stereocenters. The van der Waals surface area contributed by atoms with Crippen LogP contribution in [0.25, 0.3) is 44.3 Å². The summed E-state index contributed by atoms with van der Waals surface area (Å²) in [5, 5.41) is 0.674. The van der Waals surface area contributed by atoms with Gasteiger partial charge in [-0.2, -0.15) is 26.3 Å². The summed E-state index contributed by atoms with van der Waals surface area (Å²) in [5.41, 5.74) is -1.35. The molecule has 38 heavy (non-hydrogen) atoms. The Bertz CT molecular complexity index is 1710. The van der Waals surface area contributed by atoms with E-state index in [9.17, 15) is 31.1 Å². The third-order valence-corrected chi connectivity index (χ3v) is 6.16. The van der Waals surface area contributed by atoms with Crippen molar-refractivity contribution in [1.29, 1.82) is 0 Å². The summed E-state index contributed by atoms with van der Waals surface area (Å²) in [7, 11) is 2.80. The van der Waals surface area contributed by atoms with Gasteiger partial charge in [0.2, 0.25) is 0 Å². The van der Waals surface area contributed by atoms with E-state index in [0.29, 0.717) is 27.6 Å². The zero-order chi connectivity index (χ0) is 27.4. The fourth-order valence-electron chi connectivity index (χ4n) is 4.37. The lowest BCUT2D eigenvalue weighted by Gasteiger charge is -2.12. The van der Waals surface area contributed by atoms with E-state index in [0.717, 1.165) is 24.3 Å². The molecule has 0 saturated heterocycles. The number of nitrogens with one attached hydrogen (secondary N) is 1. The second-order valence-electron chi connectivity index (χ2n) is 8.37. The van der Waals surface area contributed by atoms with Crippen LogP contribution in [0.3, 0.4) is 0 Å². The molecule has 1 N–H and O–H groups in total. The van der Waals surface area contributed by atoms with Gasteiger partial charge in [-0.05, 0) is 41.5 Å². The number of H-pyrrole nitrogens is 1. The van der Waals surface area contributed by atoms with E-state index in [1.165, 1.54) is 44.6 Å². The smallest absolute Gasteiger partial charge is 0.416 e. The molecular formula is C27H17F6NO4. The molecule has 0 spiro atoms. The van der Waals surface area contributed by atoms with E-state index < -0.39 is 29.1 Å². The van der Waals surface area contributed by atoms with Gasteiger partial charge in [-0.15, -0.1) is 0 Å². The van der Waals surface area contributed by atoms with E-state index in [4.69, 9.17) is 13.9 Å². The van der Waals surface area contributed by atoms with E-state index in [2.05, 4.69) is 4.98 Å². The maximum Gasteiger partial charge on any atom is 0.416 e. The van der Waals surface area contributed by atoms with E-state index >= 15 is 0 Å². The average Bonchev–Trinajstić information content (AvgIpc) is 3.29. The lowest BCUT2D eigenvalue weighted by atomic mass is 9.95. The quantitative estimate of drug-likeness (QED) is 0.190. The highest BCUT2D eigenvalue weighted by molar-refractivity contribution is 6.16. The maximum absolute atomic E-state index is 13.2. The minimum Gasteiger partial charge on any atom is -0.493 e. The van der Waals surface area contributed by atoms with Gasteiger partial charge in [0.15, 0.2) is 11.5 Å². The van der Waals surface area contributed by atoms with Gasteiger partial charge >= 0.3 is 18.0 Å². The summed E-state index contributed by atoms with van der Waals surface area (Å²) in [6.45, 7) is 0. The first-order valence-corrected chi connectivity index (χ1v) is 11.0. The van der Waals surface area contributed by atoms with E-state index in [1.807, 2.05) is 0 Å². The molecule has 2 aromatic heterocycles. The first-order valence-electron chi connectivity index (χ1n) is 11.0. The number of halogens is 6. The molecule has 0 fully saturated rings. The summed E-state index contributed by atoms with van der Waals surface area (Å²) in [5.74, 6) is 0.572. The average molecular weight is 533 g/mol. The summed E-state index contributed by atoms with van der Waals surface area (Å²) in [6.07, 6.45) is -9.14. The summed E-state index contributed by atoms with van der Waals surface area (Å²) in [4.78, 5) is 15.9. The molecule has 0 bridgehead atoms. The van der Waals surface area contributed by atoms with Crippen LogP contribution in [0.15, 0.2) is 69.9 Å². The van der Waals surface area contributed by atoms with Gasteiger partial charge in [0, 0.05) is 22.4 Å². The highest BCUT2D eigenvalue weighted by Crippen LogP contribution is 2.44. The molecule has 196 valence electrons. The summed E-state index contributed by atoms with van der Waals surface area (Å²) < 4.78 is 95.3. The van der Waals surface area contributed by atoms with Gasteiger partial charge in [0.1, 0.15) is 11.1 Å². The lowest BCUT2D eigenvalue weighted by molar-refractivity contribution is -0.138. The molecule has 2 heterocycles. The standard InChI is InChI=1S/C27H17F6NO4/c1-36-19-11-17-18(12-20(19)37-2)38-25(35)24-22(17)21(13-3-7-15(8-4-13)26(28,29)30)23(34-24)14-5-9-16(10-6-14)27(31,32)33/h3-12,34H,1-2H3. The molecule has 0 amide bonds. The zero-order valence-electron chi connectivity index (χ0n) is 19.7. The Balaban J connectivity index is 1.87. The minimum atomic E-state index is -4.58. The van der Waals surface area contributed by atoms with Crippen LogP contribution in [0.2, 0.25) is 0 Å². The molecule has 5 nitrogen and oxygen atoms in total. The van der Waals surface area contributed by atoms with Gasteiger partial charge in [-0.25, -0.2) is 4.79 Å². The van der Waals surface area contributed by atoms with Gasteiger partial charge in [-0.1, -0.05) is 24.3 Å². The van der Waals surface area contributed by atoms with Crippen molar-refractivity contribution in [2.45, 2.75) is 12.4 Å². The molecule has 5 rings (SSSR count). The largest absolute Gasteiger partial charge is 0.493 e. The van der Waals surface area contributed by atoms with Crippen LogP contribution >= 0.6 is 0 Å². The van der Waals surface area contributed by atoms with Crippen LogP contribution in [0.4, 0.5) is 26.3 Å². The fourth-order valence-corrected chi connectivity index (χ4v) is 4.37. The molecule has 5 aromatic rings. The van der Waals surface area contributed by atoms with Crippen molar-refractivity contribution in [1.82, 2.24) is 4.98 Å². The number of methoxy groups -OCH3 is 2. The van der Waals surface area contributed by atoms with Crippen molar-refractivity contribution in [3.63, 3.8) is 0 Å². The Morgan fingerprint density at radius 3 is 1.74 bits per heavy atom. The Labute approximate surface area is 210 Å². The lowest BCUT2D eigenvalue weighted by Crippen LogP contribution is -2.04. The normalized spacial score (nSPS) is 12.3. The number of benzene rings is 3. The van der Waals surface area contributed by atoms with Crippen LogP contribution in [-0.4, -0.2) is 19.2 Å². The number of aromatic nitrogens is 1. The Morgan fingerprint density at radius 2 is 1.24 bits per heavy atom. The molecule has 0 atom stereocenters. The zero-order valence-corrected chi connectivity index (χ0v) is 19.7. The monoisotopic (exact) mass is 533 g/mol. The topological polar surface area (TPSA) is 64.5 Å². The predicted octanol–water partition coefficient (Wildman–Crippen LogP) is 7.66. The van der Waals surface area contributed by atoms with Crippen LogP contribution in [0.5, 0.6) is 11.5 Å². The number of hydrogen-bond donors (Lipinski definition) is 1. The number of aromatic amines is 1. The first kappa shape index (κ1) is 25.2. The number of alkyl halides is 6. The molecule has 0 aliphatic carbocycles. The van der Waals surface area contributed by atoms with E-state index in [1.54, 1.807) is 6.07 Å². The van der Waals surface area contributed by atoms with Crippen LogP contribution < -0.4 is 15.1 Å². The Kier molecular flexibility index (Phi) is 5.89. The predicted molar refractivity (Wildman–Crippen MR) is 128 cm³/mol. The highest BCUT2D eigenvalue weighted by Gasteiger charge is 2.32. The van der Waals surface area contributed by atoms with Crippen molar-refractivity contribution in [3.8, 4) is 33.9 Å². The molecule has 0 aliphatic heterocycles. The fraction of sp³-hybridized carbons (Fsp3) is 0.148. The van der Waals surface area contributed by atoms with Gasteiger partial charge in [0.25, 0.3) is 0 Å². The minimum absolute atomic E-state index is 0.0190. The summed E-state index contributed by atoms with van der Waals surface area (Å²) in [6, 6.07) is 11.4.